The average molecular weight is 325 g/mol. The summed E-state index contributed by atoms with van der Waals surface area (Å²) in [6.07, 6.45) is 3.89. The van der Waals surface area contributed by atoms with Crippen LogP contribution in [0.5, 0.6) is 5.75 Å². The third-order valence-electron chi connectivity index (χ3n) is 4.22. The van der Waals surface area contributed by atoms with Crippen LogP contribution < -0.4 is 4.74 Å². The van der Waals surface area contributed by atoms with Gasteiger partial charge in [-0.1, -0.05) is 12.1 Å². The summed E-state index contributed by atoms with van der Waals surface area (Å²) >= 11 is 0. The second kappa shape index (κ2) is 6.81. The van der Waals surface area contributed by atoms with E-state index in [2.05, 4.69) is 6.58 Å². The first-order valence-corrected chi connectivity index (χ1v) is 8.77. The molecule has 122 valence electrons. The summed E-state index contributed by atoms with van der Waals surface area (Å²) in [4.78, 5) is 0.221. The van der Waals surface area contributed by atoms with Gasteiger partial charge in [-0.15, -0.1) is 6.58 Å². The van der Waals surface area contributed by atoms with Crippen molar-refractivity contribution < 1.29 is 18.3 Å². The van der Waals surface area contributed by atoms with Crippen LogP contribution in [-0.4, -0.2) is 44.6 Å². The van der Waals surface area contributed by atoms with Crippen molar-refractivity contribution in [1.82, 2.24) is 4.31 Å². The number of rotatable bonds is 6. The molecule has 0 bridgehead atoms. The molecule has 0 spiro atoms. The molecule has 1 aliphatic heterocycles. The van der Waals surface area contributed by atoms with E-state index in [1.165, 1.54) is 17.5 Å². The van der Waals surface area contributed by atoms with Crippen molar-refractivity contribution in [3.63, 3.8) is 0 Å². The Morgan fingerprint density at radius 3 is 2.91 bits per heavy atom. The van der Waals surface area contributed by atoms with Crippen LogP contribution in [0.3, 0.4) is 0 Å². The van der Waals surface area contributed by atoms with Crippen molar-refractivity contribution in [2.45, 2.75) is 24.2 Å². The van der Waals surface area contributed by atoms with E-state index >= 15 is 0 Å². The molecule has 1 N–H and O–H groups in total. The second-order valence-electron chi connectivity index (χ2n) is 5.77. The first kappa shape index (κ1) is 17.0. The lowest BCUT2D eigenvalue weighted by molar-refractivity contribution is 0.0669. The Labute approximate surface area is 132 Å². The molecule has 1 aromatic carbocycles. The Balaban J connectivity index is 2.30. The summed E-state index contributed by atoms with van der Waals surface area (Å²) in [7, 11) is -2.08. The zero-order valence-corrected chi connectivity index (χ0v) is 13.7. The summed E-state index contributed by atoms with van der Waals surface area (Å²) in [5, 5.41) is 9.72. The summed E-state index contributed by atoms with van der Waals surface area (Å²) in [6, 6.07) is 6.47. The van der Waals surface area contributed by atoms with Gasteiger partial charge in [-0.25, -0.2) is 8.42 Å². The molecule has 0 aromatic heterocycles. The Kier molecular flexibility index (Phi) is 5.26. The third kappa shape index (κ3) is 3.34. The van der Waals surface area contributed by atoms with E-state index in [0.29, 0.717) is 25.3 Å². The molecular formula is C16H23NO4S. The van der Waals surface area contributed by atoms with Gasteiger partial charge in [-0.2, -0.15) is 4.31 Å². The zero-order chi connectivity index (χ0) is 16.2. The zero-order valence-electron chi connectivity index (χ0n) is 12.9. The molecule has 0 amide bonds. The van der Waals surface area contributed by atoms with Crippen LogP contribution in [0, 0.1) is 5.41 Å². The highest BCUT2D eigenvalue weighted by Crippen LogP contribution is 2.36. The van der Waals surface area contributed by atoms with Crippen LogP contribution in [0.15, 0.2) is 41.8 Å². The van der Waals surface area contributed by atoms with Crippen LogP contribution in [0.4, 0.5) is 0 Å². The maximum atomic E-state index is 12.8. The van der Waals surface area contributed by atoms with Crippen LogP contribution >= 0.6 is 0 Å². The fraction of sp³-hybridized carbons (Fsp3) is 0.500. The Morgan fingerprint density at radius 2 is 2.27 bits per heavy atom. The van der Waals surface area contributed by atoms with Crippen molar-refractivity contribution in [2.75, 3.05) is 26.8 Å². The molecular weight excluding hydrogens is 302 g/mol. The number of piperidine rings is 1. The maximum absolute atomic E-state index is 12.8. The molecule has 22 heavy (non-hydrogen) atoms. The molecule has 0 radical (unpaired) electrons. The highest BCUT2D eigenvalue weighted by molar-refractivity contribution is 7.89. The van der Waals surface area contributed by atoms with Gasteiger partial charge in [0.2, 0.25) is 10.0 Å². The molecule has 1 aromatic rings. The van der Waals surface area contributed by atoms with E-state index in [4.69, 9.17) is 4.74 Å². The molecule has 1 heterocycles. The predicted molar refractivity (Wildman–Crippen MR) is 85.3 cm³/mol. The second-order valence-corrected chi connectivity index (χ2v) is 7.71. The molecule has 0 saturated carbocycles. The minimum Gasteiger partial charge on any atom is -0.497 e. The lowest BCUT2D eigenvalue weighted by atomic mass is 9.79. The number of hydrogen-bond donors (Lipinski definition) is 1. The van der Waals surface area contributed by atoms with E-state index in [1.807, 2.05) is 0 Å². The van der Waals surface area contributed by atoms with Crippen molar-refractivity contribution >= 4 is 10.0 Å². The Morgan fingerprint density at radius 1 is 1.50 bits per heavy atom. The van der Waals surface area contributed by atoms with Crippen LogP contribution in [0.1, 0.15) is 19.3 Å². The van der Waals surface area contributed by atoms with E-state index in [1.54, 1.807) is 24.3 Å². The van der Waals surface area contributed by atoms with Crippen molar-refractivity contribution in [3.8, 4) is 5.75 Å². The molecule has 1 unspecified atom stereocenters. The molecule has 1 saturated heterocycles. The van der Waals surface area contributed by atoms with Gasteiger partial charge in [0.25, 0.3) is 0 Å². The summed E-state index contributed by atoms with van der Waals surface area (Å²) < 4.78 is 32.2. The minimum absolute atomic E-state index is 0.0385. The topological polar surface area (TPSA) is 66.8 Å². The Hall–Kier alpha value is -1.37. The molecule has 6 heteroatoms. The van der Waals surface area contributed by atoms with Gasteiger partial charge in [0.15, 0.2) is 0 Å². The standard InChI is InChI=1S/C16H23NO4S/c1-3-8-16(13-18)9-5-10-17(12-16)22(19,20)15-7-4-6-14(11-15)21-2/h3-4,6-7,11,18H,1,5,8-10,12-13H2,2H3. The fourth-order valence-corrected chi connectivity index (χ4v) is 4.57. The van der Waals surface area contributed by atoms with E-state index in [-0.39, 0.29) is 11.5 Å². The van der Waals surface area contributed by atoms with Gasteiger partial charge < -0.3 is 9.84 Å². The van der Waals surface area contributed by atoms with Crippen LogP contribution in [0.25, 0.3) is 0 Å². The van der Waals surface area contributed by atoms with Crippen molar-refractivity contribution in [2.24, 2.45) is 5.41 Å². The monoisotopic (exact) mass is 325 g/mol. The Bertz CT molecular complexity index is 629. The highest BCUT2D eigenvalue weighted by Gasteiger charge is 2.39. The normalized spacial score (nSPS) is 23.2. The lowest BCUT2D eigenvalue weighted by Gasteiger charge is -2.40. The largest absolute Gasteiger partial charge is 0.497 e. The number of sulfonamides is 1. The smallest absolute Gasteiger partial charge is 0.243 e. The average Bonchev–Trinajstić information content (AvgIpc) is 2.55. The van der Waals surface area contributed by atoms with Gasteiger partial charge in [-0.05, 0) is 31.4 Å². The van der Waals surface area contributed by atoms with Crippen molar-refractivity contribution in [1.29, 1.82) is 0 Å². The summed E-state index contributed by atoms with van der Waals surface area (Å²) in [5.41, 5.74) is -0.425. The fourth-order valence-electron chi connectivity index (χ4n) is 2.94. The lowest BCUT2D eigenvalue weighted by Crippen LogP contribution is -2.47. The first-order chi connectivity index (χ1) is 10.5. The number of methoxy groups -OCH3 is 1. The third-order valence-corrected chi connectivity index (χ3v) is 6.06. The molecule has 5 nitrogen and oxygen atoms in total. The minimum atomic E-state index is -3.59. The van der Waals surface area contributed by atoms with Crippen molar-refractivity contribution in [3.05, 3.63) is 36.9 Å². The van der Waals surface area contributed by atoms with Gasteiger partial charge in [0.05, 0.1) is 18.6 Å². The van der Waals surface area contributed by atoms with Crippen LogP contribution in [0.2, 0.25) is 0 Å². The molecule has 1 aliphatic rings. The summed E-state index contributed by atoms with van der Waals surface area (Å²) in [5.74, 6) is 0.512. The van der Waals surface area contributed by atoms with E-state index < -0.39 is 15.4 Å². The van der Waals surface area contributed by atoms with Gasteiger partial charge in [-0.3, -0.25) is 0 Å². The predicted octanol–water partition coefficient (Wildman–Crippen LogP) is 2.03. The number of benzene rings is 1. The number of nitrogens with zero attached hydrogens (tertiary/aromatic N) is 1. The van der Waals surface area contributed by atoms with E-state index in [0.717, 1.165) is 12.8 Å². The number of aliphatic hydroxyl groups is 1. The number of aliphatic hydroxyl groups excluding tert-OH is 1. The number of allylic oxidation sites excluding steroid dienone is 1. The quantitative estimate of drug-likeness (QED) is 0.813. The molecule has 2 rings (SSSR count). The number of hydrogen-bond acceptors (Lipinski definition) is 4. The van der Waals surface area contributed by atoms with Gasteiger partial charge in [0.1, 0.15) is 5.75 Å². The van der Waals surface area contributed by atoms with Crippen LogP contribution in [-0.2, 0) is 10.0 Å². The first-order valence-electron chi connectivity index (χ1n) is 7.33. The maximum Gasteiger partial charge on any atom is 0.243 e. The SMILES string of the molecule is C=CCC1(CO)CCCN(S(=O)(=O)c2cccc(OC)c2)C1. The summed E-state index contributed by atoms with van der Waals surface area (Å²) in [6.45, 7) is 4.47. The molecule has 1 fully saturated rings. The van der Waals surface area contributed by atoms with E-state index in [9.17, 15) is 13.5 Å². The number of ether oxygens (including phenoxy) is 1. The van der Waals surface area contributed by atoms with Gasteiger partial charge in [0, 0.05) is 24.6 Å². The highest BCUT2D eigenvalue weighted by atomic mass is 32.2. The van der Waals surface area contributed by atoms with Gasteiger partial charge >= 0.3 is 0 Å². The molecule has 1 atom stereocenters. The molecule has 0 aliphatic carbocycles.